The second-order valence-electron chi connectivity index (χ2n) is 6.94. The minimum atomic E-state index is -1.34. The summed E-state index contributed by atoms with van der Waals surface area (Å²) in [5, 5.41) is 0. The molecule has 0 radical (unpaired) electrons. The van der Waals surface area contributed by atoms with E-state index in [9.17, 15) is 17.6 Å². The van der Waals surface area contributed by atoms with Crippen molar-refractivity contribution >= 4 is 0 Å². The second-order valence-corrected chi connectivity index (χ2v) is 6.94. The van der Waals surface area contributed by atoms with Crippen molar-refractivity contribution in [1.82, 2.24) is 19.9 Å². The Morgan fingerprint density at radius 1 is 0.719 bits per heavy atom. The minimum absolute atomic E-state index is 0. The molecule has 0 fully saturated rings. The fourth-order valence-corrected chi connectivity index (χ4v) is 2.83. The molecule has 4 heterocycles. The number of hydrogen-bond acceptors (Lipinski definition) is 4. The van der Waals surface area contributed by atoms with E-state index in [1.54, 1.807) is 13.8 Å². The monoisotopic (exact) mass is 621 g/mol. The van der Waals surface area contributed by atoms with Crippen LogP contribution in [-0.2, 0) is 26.5 Å². The maximum atomic E-state index is 14.3. The molecule has 4 rings (SSSR count). The van der Waals surface area contributed by atoms with Crippen molar-refractivity contribution in [2.45, 2.75) is 19.3 Å². The van der Waals surface area contributed by atoms with Gasteiger partial charge in [-0.3, -0.25) is 9.97 Å². The van der Waals surface area contributed by atoms with Crippen LogP contribution in [0.1, 0.15) is 30.7 Å². The molecule has 0 aliphatic heterocycles. The summed E-state index contributed by atoms with van der Waals surface area (Å²) in [7, 11) is 0. The van der Waals surface area contributed by atoms with Gasteiger partial charge in [0.1, 0.15) is 23.8 Å². The predicted molar refractivity (Wildman–Crippen MR) is 105 cm³/mol. The fourth-order valence-electron chi connectivity index (χ4n) is 2.83. The molecule has 0 aromatic carbocycles. The van der Waals surface area contributed by atoms with E-state index in [1.165, 1.54) is 24.3 Å². The Kier molecular flexibility index (Phi) is 5.36. The molecule has 4 nitrogen and oxygen atoms in total. The van der Waals surface area contributed by atoms with Gasteiger partial charge in [0, 0.05) is 19.5 Å². The Morgan fingerprint density at radius 2 is 1.12 bits per heavy atom. The third-order valence-electron chi connectivity index (χ3n) is 4.54. The SMILES string of the molecule is [2H]c1cc(-c2[c-]c([2H])c(F)nc2F)nc(C(C)(C)c2cc([2H])cc(-c3[c-]c([2H])c(F)nc3F)n2)c1.[Pt+2]. The van der Waals surface area contributed by atoms with Crippen LogP contribution in [-0.4, -0.2) is 19.9 Å². The Balaban J connectivity index is 0.00000361. The molecule has 32 heavy (non-hydrogen) atoms. The van der Waals surface area contributed by atoms with Crippen molar-refractivity contribution < 1.29 is 44.1 Å². The molecular weight excluding hydrogens is 603 g/mol. The van der Waals surface area contributed by atoms with E-state index in [-0.39, 0.29) is 55.9 Å². The van der Waals surface area contributed by atoms with E-state index in [0.717, 1.165) is 0 Å². The molecule has 0 aliphatic carbocycles. The zero-order valence-corrected chi connectivity index (χ0v) is 18.7. The summed E-state index contributed by atoms with van der Waals surface area (Å²) < 4.78 is 86.7. The van der Waals surface area contributed by atoms with Gasteiger partial charge < -0.3 is 9.97 Å². The third-order valence-corrected chi connectivity index (χ3v) is 4.54. The largest absolute Gasteiger partial charge is 2.00 e. The van der Waals surface area contributed by atoms with Gasteiger partial charge in [-0.05, 0) is 37.4 Å². The number of nitrogens with zero attached hydrogens (tertiary/aromatic N) is 4. The van der Waals surface area contributed by atoms with Crippen LogP contribution in [0.25, 0.3) is 22.5 Å². The van der Waals surface area contributed by atoms with Crippen LogP contribution in [0.15, 0.2) is 48.4 Å². The minimum Gasteiger partial charge on any atom is -0.300 e. The van der Waals surface area contributed by atoms with Gasteiger partial charge in [-0.15, -0.1) is 12.1 Å². The number of rotatable bonds is 4. The van der Waals surface area contributed by atoms with Crippen LogP contribution in [0.3, 0.4) is 0 Å². The Hall–Kier alpha value is -2.99. The molecule has 9 heteroatoms. The average molecular weight is 621 g/mol. The van der Waals surface area contributed by atoms with Gasteiger partial charge in [-0.2, -0.15) is 0 Å². The predicted octanol–water partition coefficient (Wildman–Crippen LogP) is 5.08. The second kappa shape index (κ2) is 9.25. The average Bonchev–Trinajstić information content (AvgIpc) is 2.77. The van der Waals surface area contributed by atoms with Gasteiger partial charge in [0.05, 0.1) is 2.74 Å². The molecule has 0 aliphatic rings. The molecule has 0 bridgehead atoms. The van der Waals surface area contributed by atoms with Gasteiger partial charge in [0.15, 0.2) is 0 Å². The van der Waals surface area contributed by atoms with E-state index < -0.39 is 52.4 Å². The zero-order valence-electron chi connectivity index (χ0n) is 20.4. The number of aromatic nitrogens is 4. The smallest absolute Gasteiger partial charge is 0.300 e. The molecule has 0 spiro atoms. The standard InChI is InChI=1S/C23H14F4N4.Pt/c1-23(2,17-7-3-5-15(28-17)13-9-11-19(24)30-21(13)26)18-8-4-6-16(29-18)14-10-12-20(25)31-22(14)27;/h3-8,11-12H,1-2H3;/q-2;+2/i3D,4D,11D,12D;. The van der Waals surface area contributed by atoms with Crippen molar-refractivity contribution in [3.8, 4) is 22.5 Å². The van der Waals surface area contributed by atoms with E-state index in [1.807, 2.05) is 0 Å². The summed E-state index contributed by atoms with van der Waals surface area (Å²) in [4.78, 5) is 14.8. The van der Waals surface area contributed by atoms with Gasteiger partial charge in [0.2, 0.25) is 0 Å². The summed E-state index contributed by atoms with van der Waals surface area (Å²) in [5.74, 6) is -5.19. The maximum Gasteiger partial charge on any atom is 2.00 e. The van der Waals surface area contributed by atoms with E-state index in [2.05, 4.69) is 32.1 Å². The summed E-state index contributed by atoms with van der Waals surface area (Å²) in [6.45, 7) is 3.28. The first-order valence-corrected chi connectivity index (χ1v) is 8.85. The molecule has 4 aromatic rings. The van der Waals surface area contributed by atoms with Gasteiger partial charge in [-0.25, -0.2) is 17.6 Å². The van der Waals surface area contributed by atoms with Crippen LogP contribution < -0.4 is 0 Å². The molecule has 164 valence electrons. The van der Waals surface area contributed by atoms with Gasteiger partial charge in [-0.1, -0.05) is 47.4 Å². The van der Waals surface area contributed by atoms with Gasteiger partial charge >= 0.3 is 21.1 Å². The van der Waals surface area contributed by atoms with Crippen LogP contribution in [0.2, 0.25) is 0 Å². The molecule has 0 saturated heterocycles. The van der Waals surface area contributed by atoms with E-state index in [4.69, 9.17) is 5.48 Å². The van der Waals surface area contributed by atoms with Crippen LogP contribution in [0.4, 0.5) is 17.6 Å². The third kappa shape index (κ3) is 4.60. The molecule has 0 amide bonds. The number of hydrogen-bond donors (Lipinski definition) is 0. The normalized spacial score (nSPS) is 12.9. The molecule has 0 saturated carbocycles. The van der Waals surface area contributed by atoms with Crippen molar-refractivity contribution in [1.29, 1.82) is 0 Å². The Morgan fingerprint density at radius 3 is 1.53 bits per heavy atom. The Bertz CT molecular complexity index is 1380. The topological polar surface area (TPSA) is 51.6 Å². The molecule has 4 aromatic heterocycles. The molecule has 0 atom stereocenters. The van der Waals surface area contributed by atoms with E-state index in [0.29, 0.717) is 0 Å². The first-order chi connectivity index (χ1) is 16.4. The Labute approximate surface area is 201 Å². The molecule has 0 unspecified atom stereocenters. The number of halogens is 4. The van der Waals surface area contributed by atoms with Crippen LogP contribution in [0, 0.1) is 35.9 Å². The fraction of sp³-hybridized carbons (Fsp3) is 0.130. The van der Waals surface area contributed by atoms with Crippen LogP contribution in [0.5, 0.6) is 0 Å². The first kappa shape index (κ1) is 18.6. The summed E-state index contributed by atoms with van der Waals surface area (Å²) in [5.41, 5.74) is -1.81. The summed E-state index contributed by atoms with van der Waals surface area (Å²) >= 11 is 0. The van der Waals surface area contributed by atoms with E-state index >= 15 is 0 Å². The number of pyridine rings is 4. The quantitative estimate of drug-likeness (QED) is 0.181. The summed E-state index contributed by atoms with van der Waals surface area (Å²) in [6, 6.07) is 7.84. The maximum absolute atomic E-state index is 14.3. The first-order valence-electron chi connectivity index (χ1n) is 10.9. The van der Waals surface area contributed by atoms with Gasteiger partial charge in [0.25, 0.3) is 0 Å². The van der Waals surface area contributed by atoms with Crippen molar-refractivity contribution in [2.24, 2.45) is 0 Å². The van der Waals surface area contributed by atoms with Crippen LogP contribution >= 0.6 is 0 Å². The zero-order chi connectivity index (χ0) is 25.7. The summed E-state index contributed by atoms with van der Waals surface area (Å²) in [6.07, 6.45) is 0. The van der Waals surface area contributed by atoms with Crippen molar-refractivity contribution in [3.63, 3.8) is 0 Å². The molecule has 0 N–H and O–H groups in total. The van der Waals surface area contributed by atoms with Crippen molar-refractivity contribution in [2.75, 3.05) is 0 Å². The van der Waals surface area contributed by atoms with Crippen molar-refractivity contribution in [3.05, 3.63) is 95.7 Å². The molecular formula is C23H14F4N4Pt.